The van der Waals surface area contributed by atoms with E-state index in [-0.39, 0.29) is 6.42 Å². The second-order valence-corrected chi connectivity index (χ2v) is 10.00. The molecule has 0 bridgehead atoms. The number of sulfone groups is 1. The maximum absolute atomic E-state index is 12.6. The molecular weight excluding hydrogens is 459 g/mol. The summed E-state index contributed by atoms with van der Waals surface area (Å²) < 4.78 is 60.4. The summed E-state index contributed by atoms with van der Waals surface area (Å²) in [6.45, 7) is 5.68. The molecule has 1 N–H and O–H groups in total. The molecule has 12 heteroatoms. The van der Waals surface area contributed by atoms with Gasteiger partial charge in [-0.2, -0.15) is 13.2 Å². The van der Waals surface area contributed by atoms with Gasteiger partial charge in [0.1, 0.15) is 5.01 Å². The Labute approximate surface area is 178 Å². The molecule has 0 aliphatic carbocycles. The van der Waals surface area contributed by atoms with E-state index in [1.165, 1.54) is 34.8 Å². The zero-order valence-corrected chi connectivity index (χ0v) is 17.8. The number of hydrogen-bond acceptors (Lipinski definition) is 7. The van der Waals surface area contributed by atoms with Crippen LogP contribution in [0.1, 0.15) is 17.5 Å². The van der Waals surface area contributed by atoms with E-state index in [2.05, 4.69) is 21.9 Å². The molecule has 0 radical (unpaired) electrons. The van der Waals surface area contributed by atoms with Crippen LogP contribution in [-0.4, -0.2) is 29.8 Å². The Morgan fingerprint density at radius 1 is 1.23 bits per heavy atom. The third kappa shape index (κ3) is 4.77. The van der Waals surface area contributed by atoms with E-state index in [0.717, 1.165) is 27.6 Å². The number of aromatic nitrogens is 2. The third-order valence-corrected chi connectivity index (χ3v) is 7.22. The highest BCUT2D eigenvalue weighted by Crippen LogP contribution is 2.32. The average molecular weight is 474 g/mol. The van der Waals surface area contributed by atoms with Crippen molar-refractivity contribution in [1.29, 1.82) is 0 Å². The summed E-state index contributed by atoms with van der Waals surface area (Å²) in [7, 11) is -5.42. The molecule has 1 amide bonds. The van der Waals surface area contributed by atoms with Crippen LogP contribution in [0.3, 0.4) is 0 Å². The Bertz CT molecular complexity index is 1200. The summed E-state index contributed by atoms with van der Waals surface area (Å²) in [4.78, 5) is 20.7. The Kier molecular flexibility index (Phi) is 6.11. The average Bonchev–Trinajstić information content (AvgIpc) is 3.30. The molecule has 0 saturated heterocycles. The minimum Gasteiger partial charge on any atom is -0.302 e. The topological polar surface area (TPSA) is 89.0 Å². The number of rotatable bonds is 6. The van der Waals surface area contributed by atoms with Gasteiger partial charge in [0.15, 0.2) is 5.13 Å². The molecule has 0 fully saturated rings. The van der Waals surface area contributed by atoms with Gasteiger partial charge in [-0.3, -0.25) is 4.79 Å². The first kappa shape index (κ1) is 22.1. The van der Waals surface area contributed by atoms with Crippen molar-refractivity contribution in [3.05, 3.63) is 53.0 Å². The minimum absolute atomic E-state index is 0.151. The molecule has 3 aromatic rings. The fourth-order valence-corrected chi connectivity index (χ4v) is 4.67. The lowest BCUT2D eigenvalue weighted by molar-refractivity contribution is -0.115. The van der Waals surface area contributed by atoms with Gasteiger partial charge >= 0.3 is 5.51 Å². The lowest BCUT2D eigenvalue weighted by atomic mass is 10.1. The van der Waals surface area contributed by atoms with Crippen LogP contribution in [0.4, 0.5) is 18.3 Å². The lowest BCUT2D eigenvalue weighted by Gasteiger charge is -2.08. The van der Waals surface area contributed by atoms with Crippen molar-refractivity contribution < 1.29 is 26.4 Å². The monoisotopic (exact) mass is 473 g/mol. The molecule has 0 unspecified atom stereocenters. The van der Waals surface area contributed by atoms with Crippen LogP contribution in [-0.2, 0) is 21.1 Å². The van der Waals surface area contributed by atoms with Crippen molar-refractivity contribution in [2.75, 3.05) is 5.32 Å². The molecule has 158 valence electrons. The molecule has 30 heavy (non-hydrogen) atoms. The predicted molar refractivity (Wildman–Crippen MR) is 110 cm³/mol. The highest BCUT2D eigenvalue weighted by molar-refractivity contribution is 7.92. The minimum atomic E-state index is -5.42. The van der Waals surface area contributed by atoms with Crippen LogP contribution in [0.2, 0.25) is 0 Å². The molecule has 0 saturated carbocycles. The Morgan fingerprint density at radius 2 is 1.90 bits per heavy atom. The molecule has 0 aliphatic heterocycles. The number of nitrogens with one attached hydrogen (secondary N) is 1. The molecule has 3 rings (SSSR count). The molecule has 2 heterocycles. The van der Waals surface area contributed by atoms with E-state index >= 15 is 0 Å². The number of hydrogen-bond donors (Lipinski definition) is 1. The largest absolute Gasteiger partial charge is 0.501 e. The van der Waals surface area contributed by atoms with Crippen LogP contribution in [0.25, 0.3) is 16.1 Å². The van der Waals surface area contributed by atoms with Gasteiger partial charge in [0.25, 0.3) is 9.84 Å². The zero-order chi connectivity index (χ0) is 22.1. The molecule has 6 nitrogen and oxygen atoms in total. The number of anilines is 1. The number of nitrogens with zero attached hydrogens (tertiary/aromatic N) is 2. The van der Waals surface area contributed by atoms with Crippen molar-refractivity contribution >= 4 is 49.1 Å². The number of amides is 1. The van der Waals surface area contributed by atoms with Gasteiger partial charge in [-0.1, -0.05) is 18.7 Å². The summed E-state index contributed by atoms with van der Waals surface area (Å²) in [6.07, 6.45) is 1.52. The number of carbonyl (C=O) groups excluding carboxylic acids is 1. The van der Waals surface area contributed by atoms with Crippen molar-refractivity contribution in [3.63, 3.8) is 0 Å². The van der Waals surface area contributed by atoms with Crippen molar-refractivity contribution in [3.8, 4) is 10.6 Å². The van der Waals surface area contributed by atoms with Gasteiger partial charge in [0.2, 0.25) is 5.91 Å². The Morgan fingerprint density at radius 3 is 2.47 bits per heavy atom. The second kappa shape index (κ2) is 8.28. The summed E-state index contributed by atoms with van der Waals surface area (Å²) in [6, 6.07) is 4.00. The lowest BCUT2D eigenvalue weighted by Crippen LogP contribution is -2.23. The summed E-state index contributed by atoms with van der Waals surface area (Å²) in [5, 5.41) is 5.53. The maximum Gasteiger partial charge on any atom is 0.501 e. The molecule has 0 spiro atoms. The zero-order valence-electron chi connectivity index (χ0n) is 15.4. The van der Waals surface area contributed by atoms with E-state index in [1.54, 1.807) is 11.6 Å². The first-order valence-corrected chi connectivity index (χ1v) is 11.4. The maximum atomic E-state index is 12.6. The van der Waals surface area contributed by atoms with Crippen LogP contribution in [0.15, 0.2) is 47.3 Å². The van der Waals surface area contributed by atoms with Crippen molar-refractivity contribution in [2.24, 2.45) is 0 Å². The third-order valence-electron chi connectivity index (χ3n) is 3.78. The number of thiazole rings is 2. The fraction of sp³-hybridized carbons (Fsp3) is 0.167. The molecular formula is C18H14F3N3O3S3. The number of halogens is 3. The highest BCUT2D eigenvalue weighted by Gasteiger charge is 2.46. The summed E-state index contributed by atoms with van der Waals surface area (Å²) in [5.41, 5.74) is -3.53. The van der Waals surface area contributed by atoms with Gasteiger partial charge in [0.05, 0.1) is 21.9 Å². The normalized spacial score (nSPS) is 12.0. The molecule has 0 atom stereocenters. The van der Waals surface area contributed by atoms with Crippen LogP contribution >= 0.6 is 22.7 Å². The van der Waals surface area contributed by atoms with Gasteiger partial charge < -0.3 is 5.32 Å². The number of allylic oxidation sites excluding steroid dienone is 1. The number of alkyl halides is 3. The van der Waals surface area contributed by atoms with Crippen molar-refractivity contribution in [2.45, 2.75) is 23.7 Å². The van der Waals surface area contributed by atoms with E-state index in [1.807, 2.05) is 6.92 Å². The van der Waals surface area contributed by atoms with Gasteiger partial charge in [-0.05, 0) is 30.2 Å². The quantitative estimate of drug-likeness (QED) is 0.557. The van der Waals surface area contributed by atoms with E-state index in [0.29, 0.717) is 16.4 Å². The van der Waals surface area contributed by atoms with E-state index in [4.69, 9.17) is 0 Å². The second-order valence-electron chi connectivity index (χ2n) is 6.17. The van der Waals surface area contributed by atoms with Gasteiger partial charge in [0, 0.05) is 11.6 Å². The van der Waals surface area contributed by atoms with Gasteiger partial charge in [-0.15, -0.1) is 22.7 Å². The predicted octanol–water partition coefficient (Wildman–Crippen LogP) is 4.77. The standard InChI is InChI=1S/C18H14F3N3O3S3/c1-10(2)16-22-8-14(29-16)13-9-28-17(23-13)24-15(25)7-11-3-5-12(6-4-11)30(26,27)18(19,20)21/h3-6,8-9H,1,7H2,2H3,(H,23,24,25). The van der Waals surface area contributed by atoms with E-state index in [9.17, 15) is 26.4 Å². The smallest absolute Gasteiger partial charge is 0.302 e. The first-order valence-electron chi connectivity index (χ1n) is 8.25. The Hall–Kier alpha value is -2.57. The van der Waals surface area contributed by atoms with Crippen LogP contribution in [0.5, 0.6) is 0 Å². The SMILES string of the molecule is C=C(C)c1ncc(-c2csc(NC(=O)Cc3ccc(S(=O)(=O)C(F)(F)F)cc3)n2)s1. The molecule has 2 aromatic heterocycles. The van der Waals surface area contributed by atoms with Crippen LogP contribution < -0.4 is 5.32 Å². The summed E-state index contributed by atoms with van der Waals surface area (Å²) in [5.74, 6) is -0.436. The number of benzene rings is 1. The van der Waals surface area contributed by atoms with E-state index < -0.39 is 26.1 Å². The molecule has 0 aliphatic rings. The molecule has 1 aromatic carbocycles. The summed E-state index contributed by atoms with van der Waals surface area (Å²) >= 11 is 2.64. The van der Waals surface area contributed by atoms with Crippen molar-refractivity contribution in [1.82, 2.24) is 9.97 Å². The van der Waals surface area contributed by atoms with Gasteiger partial charge in [-0.25, -0.2) is 18.4 Å². The Balaban J connectivity index is 1.65. The highest BCUT2D eigenvalue weighted by atomic mass is 32.2. The first-order chi connectivity index (χ1) is 14.0. The number of carbonyl (C=O) groups is 1. The van der Waals surface area contributed by atoms with Crippen LogP contribution in [0, 0.1) is 0 Å². The fourth-order valence-electron chi connectivity index (χ4n) is 2.30.